The third-order valence-corrected chi connectivity index (χ3v) is 3.00. The van der Waals surface area contributed by atoms with Gasteiger partial charge in [-0.3, -0.25) is 14.5 Å². The molecule has 1 saturated heterocycles. The van der Waals surface area contributed by atoms with Gasteiger partial charge in [0, 0.05) is 13.7 Å². The molecule has 0 aromatic heterocycles. The summed E-state index contributed by atoms with van der Waals surface area (Å²) < 4.78 is 4.76. The Morgan fingerprint density at radius 2 is 2.07 bits per heavy atom. The Kier molecular flexibility index (Phi) is 2.75. The predicted octanol–water partition coefficient (Wildman–Crippen LogP) is -0.611. The van der Waals surface area contributed by atoms with Crippen LogP contribution in [0.25, 0.3) is 0 Å². The lowest BCUT2D eigenvalue weighted by atomic mass is 10.2. The van der Waals surface area contributed by atoms with Crippen molar-refractivity contribution in [2.24, 2.45) is 11.8 Å². The lowest BCUT2D eigenvalue weighted by molar-refractivity contribution is -0.141. The van der Waals surface area contributed by atoms with E-state index >= 15 is 0 Å². The van der Waals surface area contributed by atoms with E-state index in [4.69, 9.17) is 4.74 Å². The van der Waals surface area contributed by atoms with Crippen LogP contribution in [0.15, 0.2) is 0 Å². The van der Waals surface area contributed by atoms with E-state index in [0.717, 1.165) is 6.42 Å². The van der Waals surface area contributed by atoms with Crippen molar-refractivity contribution < 1.29 is 19.4 Å². The second-order valence-electron chi connectivity index (χ2n) is 4.17. The van der Waals surface area contributed by atoms with Gasteiger partial charge in [0.25, 0.3) is 0 Å². The number of hydrogen-bond donors (Lipinski definition) is 1. The lowest BCUT2D eigenvalue weighted by Gasteiger charge is -2.18. The van der Waals surface area contributed by atoms with Gasteiger partial charge in [-0.2, -0.15) is 0 Å². The van der Waals surface area contributed by atoms with Gasteiger partial charge in [-0.25, -0.2) is 0 Å². The molecule has 1 heterocycles. The number of ether oxygens (including phenoxy) is 1. The molecule has 1 aliphatic heterocycles. The van der Waals surface area contributed by atoms with Crippen LogP contribution in [0.1, 0.15) is 12.8 Å². The highest BCUT2D eigenvalue weighted by atomic mass is 16.5. The fourth-order valence-electron chi connectivity index (χ4n) is 2.02. The van der Waals surface area contributed by atoms with Gasteiger partial charge in [-0.15, -0.1) is 0 Å². The van der Waals surface area contributed by atoms with Crippen molar-refractivity contribution in [2.75, 3.05) is 20.3 Å². The van der Waals surface area contributed by atoms with Crippen molar-refractivity contribution in [1.29, 1.82) is 0 Å². The van der Waals surface area contributed by atoms with Crippen LogP contribution in [0.5, 0.6) is 0 Å². The number of aliphatic hydroxyl groups is 1. The lowest BCUT2D eigenvalue weighted by Crippen LogP contribution is -2.35. The Hall–Kier alpha value is -0.940. The number of hydrogen-bond acceptors (Lipinski definition) is 4. The maximum Gasteiger partial charge on any atom is 0.233 e. The van der Waals surface area contributed by atoms with Crippen LogP contribution in [-0.4, -0.2) is 48.2 Å². The first kappa shape index (κ1) is 10.6. The molecular weight excluding hydrogens is 198 g/mol. The van der Waals surface area contributed by atoms with Crippen molar-refractivity contribution in [2.45, 2.75) is 18.9 Å². The predicted molar refractivity (Wildman–Crippen MR) is 50.8 cm³/mol. The van der Waals surface area contributed by atoms with Gasteiger partial charge in [-0.1, -0.05) is 0 Å². The Morgan fingerprint density at radius 3 is 2.60 bits per heavy atom. The molecule has 3 atom stereocenters. The third kappa shape index (κ3) is 1.89. The topological polar surface area (TPSA) is 66.8 Å². The first-order chi connectivity index (χ1) is 7.15. The minimum Gasteiger partial charge on any atom is -0.391 e. The number of carbonyl (C=O) groups excluding carboxylic acids is 2. The molecule has 1 saturated carbocycles. The quantitative estimate of drug-likeness (QED) is 0.619. The van der Waals surface area contributed by atoms with Gasteiger partial charge in [0.15, 0.2) is 0 Å². The average Bonchev–Trinajstić information content (AvgIpc) is 2.92. The average molecular weight is 213 g/mol. The van der Waals surface area contributed by atoms with Gasteiger partial charge in [0.1, 0.15) is 0 Å². The summed E-state index contributed by atoms with van der Waals surface area (Å²) in [6.07, 6.45) is 0.520. The van der Waals surface area contributed by atoms with E-state index in [0.29, 0.717) is 13.0 Å². The zero-order valence-corrected chi connectivity index (χ0v) is 8.68. The molecule has 5 nitrogen and oxygen atoms in total. The molecule has 2 amide bonds. The molecule has 0 radical (unpaired) electrons. The molecule has 15 heavy (non-hydrogen) atoms. The van der Waals surface area contributed by atoms with Crippen LogP contribution >= 0.6 is 0 Å². The number of carbonyl (C=O) groups is 2. The number of amides is 2. The van der Waals surface area contributed by atoms with Crippen molar-refractivity contribution in [1.82, 2.24) is 4.90 Å². The molecule has 84 valence electrons. The summed E-state index contributed by atoms with van der Waals surface area (Å²) in [6, 6.07) is 0. The van der Waals surface area contributed by atoms with E-state index in [9.17, 15) is 14.7 Å². The second kappa shape index (κ2) is 3.90. The zero-order chi connectivity index (χ0) is 11.0. The number of rotatable bonds is 5. The number of piperidine rings is 1. The number of likely N-dealkylation sites (tertiary alicyclic amines) is 1. The maximum atomic E-state index is 11.5. The molecule has 0 spiro atoms. The Labute approximate surface area is 88.0 Å². The van der Waals surface area contributed by atoms with Crippen LogP contribution in [0.4, 0.5) is 0 Å². The van der Waals surface area contributed by atoms with Crippen molar-refractivity contribution >= 4 is 11.8 Å². The van der Waals surface area contributed by atoms with E-state index in [1.165, 1.54) is 12.0 Å². The number of methoxy groups -OCH3 is 1. The van der Waals surface area contributed by atoms with Crippen molar-refractivity contribution in [3.8, 4) is 0 Å². The van der Waals surface area contributed by atoms with Crippen molar-refractivity contribution in [3.05, 3.63) is 0 Å². The Balaban J connectivity index is 1.80. The summed E-state index contributed by atoms with van der Waals surface area (Å²) in [5, 5.41) is 9.38. The van der Waals surface area contributed by atoms with E-state index in [-0.39, 0.29) is 30.3 Å². The zero-order valence-electron chi connectivity index (χ0n) is 8.68. The smallest absolute Gasteiger partial charge is 0.233 e. The van der Waals surface area contributed by atoms with E-state index in [2.05, 4.69) is 0 Å². The van der Waals surface area contributed by atoms with Crippen molar-refractivity contribution in [3.63, 3.8) is 0 Å². The highest BCUT2D eigenvalue weighted by molar-refractivity contribution is 6.08. The third-order valence-electron chi connectivity index (χ3n) is 3.00. The maximum absolute atomic E-state index is 11.5. The fourth-order valence-corrected chi connectivity index (χ4v) is 2.02. The molecule has 1 aliphatic carbocycles. The molecular formula is C10H15NO4. The Morgan fingerprint density at radius 1 is 1.47 bits per heavy atom. The van der Waals surface area contributed by atoms with Gasteiger partial charge in [0.05, 0.1) is 24.5 Å². The molecule has 2 fully saturated rings. The monoisotopic (exact) mass is 213 g/mol. The van der Waals surface area contributed by atoms with Crippen LogP contribution < -0.4 is 0 Å². The molecule has 0 aromatic rings. The summed E-state index contributed by atoms with van der Waals surface area (Å²) in [7, 11) is 1.50. The van der Waals surface area contributed by atoms with E-state index in [1.54, 1.807) is 0 Å². The van der Waals surface area contributed by atoms with Crippen LogP contribution in [0.3, 0.4) is 0 Å². The van der Waals surface area contributed by atoms with Gasteiger partial charge < -0.3 is 9.84 Å². The first-order valence-corrected chi connectivity index (χ1v) is 5.17. The SMILES string of the molecule is COCC(O)CCN1C(=O)C2CC2C1=O. The number of imide groups is 1. The minimum absolute atomic E-state index is 0.0444. The van der Waals surface area contributed by atoms with Crippen LogP contribution in [0, 0.1) is 11.8 Å². The molecule has 5 heteroatoms. The summed E-state index contributed by atoms with van der Waals surface area (Å²) in [5.74, 6) is -0.210. The van der Waals surface area contributed by atoms with E-state index < -0.39 is 6.10 Å². The minimum atomic E-state index is -0.604. The highest BCUT2D eigenvalue weighted by Crippen LogP contribution is 2.46. The molecule has 0 aromatic carbocycles. The number of nitrogens with zero attached hydrogens (tertiary/aromatic N) is 1. The van der Waals surface area contributed by atoms with Gasteiger partial charge >= 0.3 is 0 Å². The first-order valence-electron chi connectivity index (χ1n) is 5.17. The highest BCUT2D eigenvalue weighted by Gasteiger charge is 2.58. The second-order valence-corrected chi connectivity index (χ2v) is 4.17. The molecule has 0 bridgehead atoms. The number of aliphatic hydroxyl groups excluding tert-OH is 1. The summed E-state index contributed by atoms with van der Waals surface area (Å²) in [4.78, 5) is 24.3. The van der Waals surface area contributed by atoms with E-state index in [1.807, 2.05) is 0 Å². The summed E-state index contributed by atoms with van der Waals surface area (Å²) in [6.45, 7) is 0.554. The molecule has 1 N–H and O–H groups in total. The summed E-state index contributed by atoms with van der Waals surface area (Å²) >= 11 is 0. The molecule has 3 unspecified atom stereocenters. The summed E-state index contributed by atoms with van der Waals surface area (Å²) in [5.41, 5.74) is 0. The van der Waals surface area contributed by atoms with Crippen LogP contribution in [0.2, 0.25) is 0 Å². The Bertz CT molecular complexity index is 271. The van der Waals surface area contributed by atoms with Gasteiger partial charge in [-0.05, 0) is 12.8 Å². The largest absolute Gasteiger partial charge is 0.391 e. The number of fused-ring (bicyclic) bond motifs is 1. The standard InChI is InChI=1S/C10H15NO4/c1-15-5-6(12)2-3-11-9(13)7-4-8(7)10(11)14/h6-8,12H,2-5H2,1H3. The molecule has 2 rings (SSSR count). The van der Waals surface area contributed by atoms with Crippen LogP contribution in [-0.2, 0) is 14.3 Å². The van der Waals surface area contributed by atoms with Gasteiger partial charge in [0.2, 0.25) is 11.8 Å². The molecule has 2 aliphatic rings. The fraction of sp³-hybridized carbons (Fsp3) is 0.800. The normalized spacial score (nSPS) is 30.7.